The normalized spacial score (nSPS) is 10.8. The molecular weight excluding hydrogens is 392 g/mol. The number of benzene rings is 5. The van der Waals surface area contributed by atoms with Crippen molar-refractivity contribution in [2.75, 3.05) is 0 Å². The highest BCUT2D eigenvalue weighted by Crippen LogP contribution is 2.42. The summed E-state index contributed by atoms with van der Waals surface area (Å²) in [5.41, 5.74) is 7.23. The van der Waals surface area contributed by atoms with Gasteiger partial charge >= 0.3 is 0 Å². The maximum absolute atomic E-state index is 11.2. The minimum absolute atomic E-state index is 0.142. The number of phenolic OH excluding ortho intramolecular Hbond substituents is 2. The predicted octanol–water partition coefficient (Wildman–Crippen LogP) is 7.77. The topological polar surface area (TPSA) is 40.5 Å². The molecule has 5 aromatic carbocycles. The van der Waals surface area contributed by atoms with E-state index in [0.29, 0.717) is 11.1 Å². The van der Waals surface area contributed by atoms with Crippen molar-refractivity contribution in [1.29, 1.82) is 0 Å². The van der Waals surface area contributed by atoms with E-state index in [0.717, 1.165) is 33.4 Å². The molecule has 0 spiro atoms. The maximum atomic E-state index is 11.2. The van der Waals surface area contributed by atoms with Crippen molar-refractivity contribution in [3.05, 3.63) is 121 Å². The number of phenols is 2. The van der Waals surface area contributed by atoms with Crippen molar-refractivity contribution in [2.45, 2.75) is 0 Å². The number of para-hydroxylation sites is 2. The lowest BCUT2D eigenvalue weighted by Crippen LogP contribution is -1.88. The third-order valence-corrected chi connectivity index (χ3v) is 5.69. The minimum atomic E-state index is 0.142. The molecule has 0 aromatic heterocycles. The second-order valence-electron chi connectivity index (χ2n) is 7.75. The van der Waals surface area contributed by atoms with E-state index in [1.165, 1.54) is 0 Å². The van der Waals surface area contributed by atoms with Crippen LogP contribution in [-0.4, -0.2) is 10.2 Å². The molecule has 2 N–H and O–H groups in total. The summed E-state index contributed by atoms with van der Waals surface area (Å²) in [6.45, 7) is 0. The van der Waals surface area contributed by atoms with Gasteiger partial charge in [0.15, 0.2) is 0 Å². The molecule has 2 heteroatoms. The summed E-state index contributed by atoms with van der Waals surface area (Å²) in [6.07, 6.45) is 0. The summed E-state index contributed by atoms with van der Waals surface area (Å²) < 4.78 is 0. The fourth-order valence-corrected chi connectivity index (χ4v) is 4.07. The van der Waals surface area contributed by atoms with Crippen LogP contribution in [0.1, 0.15) is 0 Å². The maximum Gasteiger partial charge on any atom is 0.131 e. The Labute approximate surface area is 187 Å². The second-order valence-corrected chi connectivity index (χ2v) is 7.75. The number of aromatic hydroxyl groups is 2. The minimum Gasteiger partial charge on any atom is -0.507 e. The molecule has 0 fully saturated rings. The van der Waals surface area contributed by atoms with Gasteiger partial charge in [-0.2, -0.15) is 0 Å². The van der Waals surface area contributed by atoms with Crippen LogP contribution in [0.25, 0.3) is 44.5 Å². The first-order valence-corrected chi connectivity index (χ1v) is 10.6. The molecule has 0 saturated heterocycles. The third kappa shape index (κ3) is 3.75. The SMILES string of the molecule is Oc1ccccc1-c1cccc(-c2cc(-c3ccccc3)cc(-c3ccccc3)c2)c1O. The second kappa shape index (κ2) is 8.44. The molecule has 0 atom stereocenters. The van der Waals surface area contributed by atoms with Gasteiger partial charge in [-0.05, 0) is 52.1 Å². The third-order valence-electron chi connectivity index (χ3n) is 5.69. The van der Waals surface area contributed by atoms with Crippen LogP contribution in [-0.2, 0) is 0 Å². The predicted molar refractivity (Wildman–Crippen MR) is 132 cm³/mol. The Bertz CT molecular complexity index is 1320. The smallest absolute Gasteiger partial charge is 0.131 e. The van der Waals surface area contributed by atoms with Crippen molar-refractivity contribution in [2.24, 2.45) is 0 Å². The Morgan fingerprint density at radius 1 is 0.344 bits per heavy atom. The number of rotatable bonds is 4. The van der Waals surface area contributed by atoms with Gasteiger partial charge in [-0.25, -0.2) is 0 Å². The first kappa shape index (κ1) is 19.7. The van der Waals surface area contributed by atoms with E-state index in [4.69, 9.17) is 0 Å². The van der Waals surface area contributed by atoms with E-state index in [-0.39, 0.29) is 11.5 Å². The number of hydrogen-bond acceptors (Lipinski definition) is 2. The molecule has 0 heterocycles. The summed E-state index contributed by atoms with van der Waals surface area (Å²) in [6, 6.07) is 39.6. The molecular formula is C30H22O2. The molecule has 0 radical (unpaired) electrons. The van der Waals surface area contributed by atoms with Crippen LogP contribution in [0.3, 0.4) is 0 Å². The lowest BCUT2D eigenvalue weighted by molar-refractivity contribution is 0.470. The van der Waals surface area contributed by atoms with Crippen LogP contribution in [0.5, 0.6) is 11.5 Å². The van der Waals surface area contributed by atoms with Crippen molar-refractivity contribution < 1.29 is 10.2 Å². The molecule has 5 rings (SSSR count). The molecule has 154 valence electrons. The quantitative estimate of drug-likeness (QED) is 0.315. The van der Waals surface area contributed by atoms with Crippen molar-refractivity contribution in [1.82, 2.24) is 0 Å². The van der Waals surface area contributed by atoms with Gasteiger partial charge in [-0.15, -0.1) is 0 Å². The van der Waals surface area contributed by atoms with Gasteiger partial charge < -0.3 is 10.2 Å². The van der Waals surface area contributed by atoms with Gasteiger partial charge in [-0.3, -0.25) is 0 Å². The first-order chi connectivity index (χ1) is 15.7. The summed E-state index contributed by atoms with van der Waals surface area (Å²) in [4.78, 5) is 0. The largest absolute Gasteiger partial charge is 0.507 e. The highest BCUT2D eigenvalue weighted by Gasteiger charge is 2.15. The van der Waals surface area contributed by atoms with E-state index < -0.39 is 0 Å². The molecule has 2 nitrogen and oxygen atoms in total. The van der Waals surface area contributed by atoms with Gasteiger partial charge in [0.1, 0.15) is 11.5 Å². The van der Waals surface area contributed by atoms with Gasteiger partial charge in [0.25, 0.3) is 0 Å². The van der Waals surface area contributed by atoms with Crippen LogP contribution >= 0.6 is 0 Å². The van der Waals surface area contributed by atoms with Crippen LogP contribution in [0.2, 0.25) is 0 Å². The van der Waals surface area contributed by atoms with Gasteiger partial charge in [0.2, 0.25) is 0 Å². The van der Waals surface area contributed by atoms with Crippen LogP contribution < -0.4 is 0 Å². The Kier molecular flexibility index (Phi) is 5.19. The molecule has 0 amide bonds. The zero-order chi connectivity index (χ0) is 21.9. The molecule has 0 unspecified atom stereocenters. The monoisotopic (exact) mass is 414 g/mol. The molecule has 5 aromatic rings. The molecule has 32 heavy (non-hydrogen) atoms. The molecule has 0 saturated carbocycles. The highest BCUT2D eigenvalue weighted by molar-refractivity contribution is 5.88. The fraction of sp³-hybridized carbons (Fsp3) is 0. The Balaban J connectivity index is 1.72. The fourth-order valence-electron chi connectivity index (χ4n) is 4.07. The highest BCUT2D eigenvalue weighted by atomic mass is 16.3. The van der Waals surface area contributed by atoms with E-state index >= 15 is 0 Å². The lowest BCUT2D eigenvalue weighted by atomic mass is 9.91. The molecule has 0 aliphatic rings. The standard InChI is InChI=1S/C30H22O2/c31-29-17-8-7-14-27(29)28-16-9-15-26(30(28)32)25-19-23(21-10-3-1-4-11-21)18-24(20-25)22-12-5-2-6-13-22/h1-20,31-32H. The van der Waals surface area contributed by atoms with Gasteiger partial charge in [-0.1, -0.05) is 97.1 Å². The van der Waals surface area contributed by atoms with Gasteiger partial charge in [0.05, 0.1) is 0 Å². The lowest BCUT2D eigenvalue weighted by Gasteiger charge is -2.14. The zero-order valence-corrected chi connectivity index (χ0v) is 17.4. The van der Waals surface area contributed by atoms with E-state index in [2.05, 4.69) is 42.5 Å². The zero-order valence-electron chi connectivity index (χ0n) is 17.4. The Morgan fingerprint density at radius 2 is 0.812 bits per heavy atom. The summed E-state index contributed by atoms with van der Waals surface area (Å²) in [5.74, 6) is 0.293. The summed E-state index contributed by atoms with van der Waals surface area (Å²) in [5, 5.41) is 21.6. The van der Waals surface area contributed by atoms with Crippen molar-refractivity contribution in [3.63, 3.8) is 0 Å². The number of hydrogen-bond donors (Lipinski definition) is 2. The summed E-state index contributed by atoms with van der Waals surface area (Å²) >= 11 is 0. The van der Waals surface area contributed by atoms with Gasteiger partial charge in [0, 0.05) is 16.7 Å². The van der Waals surface area contributed by atoms with Crippen LogP contribution in [0.4, 0.5) is 0 Å². The Hall–Kier alpha value is -4.30. The average molecular weight is 415 g/mol. The van der Waals surface area contributed by atoms with E-state index in [9.17, 15) is 10.2 Å². The van der Waals surface area contributed by atoms with Crippen molar-refractivity contribution in [3.8, 4) is 56.0 Å². The van der Waals surface area contributed by atoms with E-state index in [1.54, 1.807) is 12.1 Å². The van der Waals surface area contributed by atoms with E-state index in [1.807, 2.05) is 66.7 Å². The van der Waals surface area contributed by atoms with Crippen LogP contribution in [0.15, 0.2) is 121 Å². The summed E-state index contributed by atoms with van der Waals surface area (Å²) in [7, 11) is 0. The Morgan fingerprint density at radius 3 is 1.41 bits per heavy atom. The first-order valence-electron chi connectivity index (χ1n) is 10.6. The molecule has 0 aliphatic heterocycles. The molecule has 0 bridgehead atoms. The van der Waals surface area contributed by atoms with Crippen LogP contribution in [0, 0.1) is 0 Å². The average Bonchev–Trinajstić information content (AvgIpc) is 2.85. The van der Waals surface area contributed by atoms with Crippen molar-refractivity contribution >= 4 is 0 Å². The molecule has 0 aliphatic carbocycles.